The van der Waals surface area contributed by atoms with E-state index in [2.05, 4.69) is 26.6 Å². The van der Waals surface area contributed by atoms with E-state index in [0.29, 0.717) is 12.0 Å². The van der Waals surface area contributed by atoms with E-state index in [4.69, 9.17) is 0 Å². The number of hydrogen-bond donors (Lipinski definition) is 1. The van der Waals surface area contributed by atoms with Crippen LogP contribution in [0.5, 0.6) is 0 Å². The molecule has 5 heteroatoms. The Hall–Kier alpha value is -2.17. The number of nitrogens with one attached hydrogen (secondary N) is 1. The average molecular weight is 283 g/mol. The van der Waals surface area contributed by atoms with Crippen LogP contribution in [0.25, 0.3) is 0 Å². The number of benzene rings is 1. The number of anilines is 1. The maximum atomic E-state index is 4.35. The molecule has 0 bridgehead atoms. The van der Waals surface area contributed by atoms with Gasteiger partial charge in [0.05, 0.1) is 5.69 Å². The van der Waals surface area contributed by atoms with Crippen molar-refractivity contribution in [2.24, 2.45) is 17.3 Å². The number of para-hydroxylation sites is 1. The lowest BCUT2D eigenvalue weighted by molar-refractivity contribution is 0.463. The fourth-order valence-corrected chi connectivity index (χ4v) is 2.70. The van der Waals surface area contributed by atoms with Crippen LogP contribution < -0.4 is 5.32 Å². The quantitative estimate of drug-likeness (QED) is 0.835. The van der Waals surface area contributed by atoms with E-state index >= 15 is 0 Å². The first-order chi connectivity index (χ1) is 10.3. The minimum atomic E-state index is 0.559. The number of nitrogens with zero attached hydrogens (tertiary/aromatic N) is 4. The molecule has 1 aromatic heterocycles. The van der Waals surface area contributed by atoms with E-state index in [1.807, 2.05) is 36.0 Å². The summed E-state index contributed by atoms with van der Waals surface area (Å²) in [5.41, 5.74) is 1.92. The highest BCUT2D eigenvalue weighted by molar-refractivity contribution is 5.65. The zero-order chi connectivity index (χ0) is 14.5. The Kier molecular flexibility index (Phi) is 4.28. The van der Waals surface area contributed by atoms with Gasteiger partial charge in [-0.2, -0.15) is 0 Å². The van der Waals surface area contributed by atoms with Gasteiger partial charge in [-0.3, -0.25) is 0 Å². The molecule has 0 aliphatic heterocycles. The molecule has 1 saturated carbocycles. The summed E-state index contributed by atoms with van der Waals surface area (Å²) < 4.78 is 1.85. The molecule has 1 aliphatic rings. The Labute approximate surface area is 125 Å². The van der Waals surface area contributed by atoms with Gasteiger partial charge in [-0.05, 0) is 25.0 Å². The highest BCUT2D eigenvalue weighted by Crippen LogP contribution is 2.29. The Balaban J connectivity index is 1.76. The van der Waals surface area contributed by atoms with Crippen molar-refractivity contribution in [1.29, 1.82) is 0 Å². The van der Waals surface area contributed by atoms with Gasteiger partial charge in [-0.15, -0.1) is 10.2 Å². The average Bonchev–Trinajstić information content (AvgIpc) is 2.93. The molecule has 1 N–H and O–H groups in total. The Morgan fingerprint density at radius 2 is 1.95 bits per heavy atom. The first kappa shape index (κ1) is 13.8. The molecule has 0 spiro atoms. The van der Waals surface area contributed by atoms with Crippen molar-refractivity contribution >= 4 is 17.3 Å². The third-order valence-electron chi connectivity index (χ3n) is 3.91. The lowest BCUT2D eigenvalue weighted by Gasteiger charge is -2.24. The fraction of sp³-hybridized carbons (Fsp3) is 0.438. The summed E-state index contributed by atoms with van der Waals surface area (Å²) in [5, 5.41) is 12.2. The molecular formula is C16H21N5. The number of azo groups is 1. The summed E-state index contributed by atoms with van der Waals surface area (Å²) >= 11 is 0. The summed E-state index contributed by atoms with van der Waals surface area (Å²) in [5.74, 6) is 0.613. The predicted octanol–water partition coefficient (Wildman–Crippen LogP) is 4.58. The van der Waals surface area contributed by atoms with Gasteiger partial charge in [0.25, 0.3) is 0 Å². The van der Waals surface area contributed by atoms with Gasteiger partial charge in [0, 0.05) is 25.5 Å². The van der Waals surface area contributed by atoms with Gasteiger partial charge in [-0.1, -0.05) is 31.4 Å². The molecule has 110 valence electrons. The zero-order valence-electron chi connectivity index (χ0n) is 12.4. The minimum absolute atomic E-state index is 0.559. The number of aryl methyl sites for hydroxylation is 1. The molecule has 3 rings (SSSR count). The van der Waals surface area contributed by atoms with Crippen molar-refractivity contribution in [3.05, 3.63) is 36.7 Å². The molecule has 0 radical (unpaired) electrons. The van der Waals surface area contributed by atoms with Crippen molar-refractivity contribution in [2.75, 3.05) is 5.32 Å². The Morgan fingerprint density at radius 3 is 2.71 bits per heavy atom. The number of aromatic nitrogens is 2. The maximum absolute atomic E-state index is 4.35. The van der Waals surface area contributed by atoms with Crippen molar-refractivity contribution < 1.29 is 0 Å². The predicted molar refractivity (Wildman–Crippen MR) is 84.3 cm³/mol. The third-order valence-corrected chi connectivity index (χ3v) is 3.91. The molecule has 0 amide bonds. The van der Waals surface area contributed by atoms with Crippen LogP contribution in [0, 0.1) is 0 Å². The summed E-state index contributed by atoms with van der Waals surface area (Å²) in [6.07, 6.45) is 10.1. The second-order valence-corrected chi connectivity index (χ2v) is 5.53. The Bertz CT molecular complexity index is 611. The van der Waals surface area contributed by atoms with Crippen LogP contribution in [0.4, 0.5) is 17.3 Å². The van der Waals surface area contributed by atoms with Crippen LogP contribution in [0.15, 0.2) is 46.9 Å². The zero-order valence-corrected chi connectivity index (χ0v) is 12.4. The lowest BCUT2D eigenvalue weighted by atomic mass is 9.95. The molecule has 0 saturated heterocycles. The van der Waals surface area contributed by atoms with Crippen molar-refractivity contribution in [3.63, 3.8) is 0 Å². The van der Waals surface area contributed by atoms with Crippen LogP contribution in [0.3, 0.4) is 0 Å². The van der Waals surface area contributed by atoms with E-state index in [0.717, 1.165) is 11.4 Å². The fourth-order valence-electron chi connectivity index (χ4n) is 2.70. The van der Waals surface area contributed by atoms with E-state index in [1.165, 1.54) is 32.1 Å². The van der Waals surface area contributed by atoms with Gasteiger partial charge >= 0.3 is 0 Å². The van der Waals surface area contributed by atoms with Crippen LogP contribution in [0.2, 0.25) is 0 Å². The van der Waals surface area contributed by atoms with E-state index in [9.17, 15) is 0 Å². The summed E-state index contributed by atoms with van der Waals surface area (Å²) in [6, 6.07) is 8.63. The first-order valence-electron chi connectivity index (χ1n) is 7.57. The van der Waals surface area contributed by atoms with Crippen LogP contribution >= 0.6 is 0 Å². The standard InChI is InChI=1S/C16H21N5/c1-21-12-11-17-16(21)20-19-15-10-6-5-9-14(15)18-13-7-3-2-4-8-13/h5-6,9-13,18H,2-4,7-8H2,1H3. The van der Waals surface area contributed by atoms with Crippen LogP contribution in [-0.4, -0.2) is 15.6 Å². The molecule has 1 fully saturated rings. The third kappa shape index (κ3) is 3.48. The highest BCUT2D eigenvalue weighted by atomic mass is 15.3. The van der Waals surface area contributed by atoms with Crippen LogP contribution in [-0.2, 0) is 7.05 Å². The molecule has 21 heavy (non-hydrogen) atoms. The summed E-state index contributed by atoms with van der Waals surface area (Å²) in [4.78, 5) is 4.16. The van der Waals surface area contributed by atoms with Crippen molar-refractivity contribution in [2.45, 2.75) is 38.1 Å². The smallest absolute Gasteiger partial charge is 0.249 e. The SMILES string of the molecule is Cn1ccnc1N=Nc1ccccc1NC1CCCCC1. The molecule has 1 aromatic carbocycles. The number of rotatable bonds is 4. The number of hydrogen-bond acceptors (Lipinski definition) is 4. The largest absolute Gasteiger partial charge is 0.381 e. The molecule has 5 nitrogen and oxygen atoms in total. The lowest BCUT2D eigenvalue weighted by Crippen LogP contribution is -2.22. The molecule has 0 atom stereocenters. The summed E-state index contributed by atoms with van der Waals surface area (Å²) in [7, 11) is 1.91. The first-order valence-corrected chi connectivity index (χ1v) is 7.57. The molecule has 0 unspecified atom stereocenters. The molecular weight excluding hydrogens is 262 g/mol. The van der Waals surface area contributed by atoms with E-state index in [1.54, 1.807) is 6.20 Å². The van der Waals surface area contributed by atoms with Crippen LogP contribution in [0.1, 0.15) is 32.1 Å². The molecule has 2 aromatic rings. The molecule has 1 heterocycles. The molecule has 1 aliphatic carbocycles. The van der Waals surface area contributed by atoms with Gasteiger partial charge in [0.15, 0.2) is 0 Å². The van der Waals surface area contributed by atoms with Gasteiger partial charge in [0.2, 0.25) is 5.95 Å². The minimum Gasteiger partial charge on any atom is -0.381 e. The van der Waals surface area contributed by atoms with Crippen molar-refractivity contribution in [1.82, 2.24) is 9.55 Å². The second-order valence-electron chi connectivity index (χ2n) is 5.53. The second kappa shape index (κ2) is 6.52. The normalized spacial score (nSPS) is 16.4. The van der Waals surface area contributed by atoms with E-state index in [-0.39, 0.29) is 0 Å². The highest BCUT2D eigenvalue weighted by Gasteiger charge is 2.14. The van der Waals surface area contributed by atoms with Gasteiger partial charge in [-0.25, -0.2) is 4.98 Å². The summed E-state index contributed by atoms with van der Waals surface area (Å²) in [6.45, 7) is 0. The number of imidazole rings is 1. The Morgan fingerprint density at radius 1 is 1.14 bits per heavy atom. The van der Waals surface area contributed by atoms with Crippen molar-refractivity contribution in [3.8, 4) is 0 Å². The van der Waals surface area contributed by atoms with E-state index < -0.39 is 0 Å². The topological polar surface area (TPSA) is 54.6 Å². The maximum Gasteiger partial charge on any atom is 0.249 e. The van der Waals surface area contributed by atoms with Gasteiger partial charge in [0.1, 0.15) is 5.69 Å². The van der Waals surface area contributed by atoms with Gasteiger partial charge < -0.3 is 9.88 Å². The monoisotopic (exact) mass is 283 g/mol.